The van der Waals surface area contributed by atoms with Crippen LogP contribution >= 0.6 is 11.8 Å². The largest absolute Gasteiger partial charge is 0.497 e. The van der Waals surface area contributed by atoms with E-state index in [1.807, 2.05) is 18.2 Å². The van der Waals surface area contributed by atoms with Crippen LogP contribution in [0.1, 0.15) is 0 Å². The molecule has 3 rings (SSSR count). The van der Waals surface area contributed by atoms with E-state index in [-0.39, 0.29) is 10.6 Å². The van der Waals surface area contributed by atoms with Gasteiger partial charge in [0.15, 0.2) is 0 Å². The lowest BCUT2D eigenvalue weighted by Gasteiger charge is -2.20. The van der Waals surface area contributed by atoms with Crippen LogP contribution in [-0.4, -0.2) is 12.0 Å². The molecule has 0 atom stereocenters. The predicted molar refractivity (Wildman–Crippen MR) is 73.5 cm³/mol. The summed E-state index contributed by atoms with van der Waals surface area (Å²) in [5.41, 5.74) is 1.92. The minimum absolute atomic E-state index is 0.102. The smallest absolute Gasteiger partial charge is 0.270 e. The second-order valence-corrected chi connectivity index (χ2v) is 5.11. The Kier molecular flexibility index (Phi) is 2.79. The molecule has 2 aromatic carbocycles. The molecule has 0 radical (unpaired) electrons. The van der Waals surface area contributed by atoms with Crippen LogP contribution in [0.3, 0.4) is 0 Å². The highest BCUT2D eigenvalue weighted by Crippen LogP contribution is 2.46. The zero-order chi connectivity index (χ0) is 13.4. The van der Waals surface area contributed by atoms with E-state index in [1.165, 1.54) is 17.8 Å². The Morgan fingerprint density at radius 2 is 2.00 bits per heavy atom. The van der Waals surface area contributed by atoms with Gasteiger partial charge in [-0.2, -0.15) is 0 Å². The van der Waals surface area contributed by atoms with Crippen molar-refractivity contribution in [2.24, 2.45) is 0 Å². The molecule has 2 aromatic rings. The molecule has 1 N–H and O–H groups in total. The van der Waals surface area contributed by atoms with Crippen molar-refractivity contribution in [3.05, 3.63) is 46.5 Å². The van der Waals surface area contributed by atoms with Crippen LogP contribution in [0.15, 0.2) is 46.2 Å². The molecule has 0 fully saturated rings. The third-order valence-corrected chi connectivity index (χ3v) is 3.99. The molecular formula is C13H10N2O3S. The molecule has 0 saturated heterocycles. The number of hydrogen-bond donors (Lipinski definition) is 1. The summed E-state index contributed by atoms with van der Waals surface area (Å²) in [5.74, 6) is 0.775. The average molecular weight is 274 g/mol. The number of anilines is 2. The molecular weight excluding hydrogens is 264 g/mol. The number of fused-ring (bicyclic) bond motifs is 2. The lowest BCUT2D eigenvalue weighted by atomic mass is 10.2. The van der Waals surface area contributed by atoms with Crippen molar-refractivity contribution in [1.29, 1.82) is 0 Å². The van der Waals surface area contributed by atoms with Crippen molar-refractivity contribution in [2.75, 3.05) is 12.4 Å². The lowest BCUT2D eigenvalue weighted by Crippen LogP contribution is -2.01. The predicted octanol–water partition coefficient (Wildman–Crippen LogP) is 3.81. The average Bonchev–Trinajstić information content (AvgIpc) is 2.43. The maximum atomic E-state index is 10.8. The van der Waals surface area contributed by atoms with Crippen LogP contribution < -0.4 is 10.1 Å². The van der Waals surface area contributed by atoms with Gasteiger partial charge >= 0.3 is 0 Å². The molecule has 0 amide bonds. The van der Waals surface area contributed by atoms with E-state index in [0.717, 1.165) is 26.9 Å². The topological polar surface area (TPSA) is 64.4 Å². The minimum Gasteiger partial charge on any atom is -0.497 e. The number of benzene rings is 2. The zero-order valence-electron chi connectivity index (χ0n) is 10.0. The number of nitrogens with zero attached hydrogens (tertiary/aromatic N) is 1. The number of nitro groups is 1. The van der Waals surface area contributed by atoms with Crippen LogP contribution in [0.4, 0.5) is 17.1 Å². The Morgan fingerprint density at radius 1 is 1.16 bits per heavy atom. The number of hydrogen-bond acceptors (Lipinski definition) is 5. The van der Waals surface area contributed by atoms with E-state index in [9.17, 15) is 10.1 Å². The third-order valence-electron chi connectivity index (χ3n) is 2.85. The van der Waals surface area contributed by atoms with Gasteiger partial charge in [0.1, 0.15) is 5.75 Å². The van der Waals surface area contributed by atoms with Gasteiger partial charge in [-0.05, 0) is 18.2 Å². The molecule has 0 bridgehead atoms. The fourth-order valence-corrected chi connectivity index (χ4v) is 2.90. The molecule has 19 heavy (non-hydrogen) atoms. The van der Waals surface area contributed by atoms with E-state index >= 15 is 0 Å². The van der Waals surface area contributed by atoms with E-state index in [4.69, 9.17) is 4.74 Å². The van der Waals surface area contributed by atoms with E-state index in [0.29, 0.717) is 0 Å². The van der Waals surface area contributed by atoms with Gasteiger partial charge in [0.05, 0.1) is 23.4 Å². The Morgan fingerprint density at radius 3 is 2.74 bits per heavy atom. The van der Waals surface area contributed by atoms with Gasteiger partial charge in [0.2, 0.25) is 0 Å². The molecule has 5 nitrogen and oxygen atoms in total. The monoisotopic (exact) mass is 274 g/mol. The van der Waals surface area contributed by atoms with Crippen molar-refractivity contribution in [2.45, 2.75) is 9.79 Å². The summed E-state index contributed by atoms with van der Waals surface area (Å²) in [6.45, 7) is 0. The van der Waals surface area contributed by atoms with Crippen molar-refractivity contribution < 1.29 is 9.66 Å². The van der Waals surface area contributed by atoms with Crippen molar-refractivity contribution in [1.82, 2.24) is 0 Å². The fraction of sp³-hybridized carbons (Fsp3) is 0.0769. The first-order valence-corrected chi connectivity index (χ1v) is 6.40. The highest BCUT2D eigenvalue weighted by Gasteiger charge is 2.19. The SMILES string of the molecule is COc1ccc2c(c1)Nc1ccc([N+](=O)[O-])cc1S2. The lowest BCUT2D eigenvalue weighted by molar-refractivity contribution is -0.385. The molecule has 1 aliphatic rings. The highest BCUT2D eigenvalue weighted by molar-refractivity contribution is 7.99. The number of nitrogens with one attached hydrogen (secondary N) is 1. The quantitative estimate of drug-likeness (QED) is 0.568. The first-order chi connectivity index (χ1) is 9.17. The number of nitro benzene ring substituents is 1. The fourth-order valence-electron chi connectivity index (χ4n) is 1.90. The van der Waals surface area contributed by atoms with Crippen LogP contribution in [0.5, 0.6) is 5.75 Å². The van der Waals surface area contributed by atoms with E-state index in [1.54, 1.807) is 19.2 Å². The summed E-state index contributed by atoms with van der Waals surface area (Å²) in [6.07, 6.45) is 0. The van der Waals surface area contributed by atoms with Crippen LogP contribution in [0.25, 0.3) is 0 Å². The summed E-state index contributed by atoms with van der Waals surface area (Å²) >= 11 is 1.51. The van der Waals surface area contributed by atoms with Crippen LogP contribution in [0.2, 0.25) is 0 Å². The van der Waals surface area contributed by atoms with Crippen molar-refractivity contribution in [3.8, 4) is 5.75 Å². The van der Waals surface area contributed by atoms with Gasteiger partial charge in [0, 0.05) is 28.0 Å². The zero-order valence-corrected chi connectivity index (χ0v) is 10.9. The van der Waals surface area contributed by atoms with Gasteiger partial charge in [-0.3, -0.25) is 10.1 Å². The Labute approximate surface area is 113 Å². The normalized spacial score (nSPS) is 12.1. The molecule has 0 unspecified atom stereocenters. The molecule has 1 aliphatic heterocycles. The minimum atomic E-state index is -0.385. The summed E-state index contributed by atoms with van der Waals surface area (Å²) in [4.78, 5) is 12.3. The maximum Gasteiger partial charge on any atom is 0.270 e. The Bertz CT molecular complexity index is 673. The highest BCUT2D eigenvalue weighted by atomic mass is 32.2. The first kappa shape index (κ1) is 11.9. The number of non-ortho nitro benzene ring substituents is 1. The Hall–Kier alpha value is -2.21. The van der Waals surface area contributed by atoms with Crippen LogP contribution in [-0.2, 0) is 0 Å². The summed E-state index contributed by atoms with van der Waals surface area (Å²) in [5, 5.41) is 14.0. The van der Waals surface area contributed by atoms with Gasteiger partial charge in [-0.25, -0.2) is 0 Å². The number of ether oxygens (including phenoxy) is 1. The summed E-state index contributed by atoms with van der Waals surface area (Å²) < 4.78 is 5.18. The number of rotatable bonds is 2. The van der Waals surface area contributed by atoms with Crippen molar-refractivity contribution >= 4 is 28.8 Å². The summed E-state index contributed by atoms with van der Waals surface area (Å²) in [7, 11) is 1.62. The van der Waals surface area contributed by atoms with Gasteiger partial charge in [-0.15, -0.1) is 0 Å². The summed E-state index contributed by atoms with van der Waals surface area (Å²) in [6, 6.07) is 10.5. The van der Waals surface area contributed by atoms with Gasteiger partial charge < -0.3 is 10.1 Å². The molecule has 0 spiro atoms. The van der Waals surface area contributed by atoms with Crippen molar-refractivity contribution in [3.63, 3.8) is 0 Å². The van der Waals surface area contributed by atoms with Gasteiger partial charge in [0.25, 0.3) is 5.69 Å². The molecule has 0 aliphatic carbocycles. The third kappa shape index (κ3) is 2.10. The molecule has 6 heteroatoms. The first-order valence-electron chi connectivity index (χ1n) is 5.59. The molecule has 0 saturated carbocycles. The second-order valence-electron chi connectivity index (χ2n) is 4.03. The maximum absolute atomic E-state index is 10.8. The molecule has 1 heterocycles. The van der Waals surface area contributed by atoms with E-state index in [2.05, 4.69) is 5.32 Å². The van der Waals surface area contributed by atoms with Gasteiger partial charge in [-0.1, -0.05) is 11.8 Å². The molecule has 96 valence electrons. The second kappa shape index (κ2) is 4.47. The Balaban J connectivity index is 2.01. The number of methoxy groups -OCH3 is 1. The molecule has 0 aromatic heterocycles. The van der Waals surface area contributed by atoms with Crippen LogP contribution in [0, 0.1) is 10.1 Å². The van der Waals surface area contributed by atoms with E-state index < -0.39 is 0 Å². The standard InChI is InChI=1S/C13H10N2O3S/c1-18-9-3-5-12-11(7-9)14-10-4-2-8(15(16)17)6-13(10)19-12/h2-7,14H,1H3.